The first-order valence-corrected chi connectivity index (χ1v) is 8.93. The van der Waals surface area contributed by atoms with Crippen LogP contribution in [0.2, 0.25) is 0 Å². The summed E-state index contributed by atoms with van der Waals surface area (Å²) in [6.07, 6.45) is -3.57. The van der Waals surface area contributed by atoms with Crippen LogP contribution in [0.1, 0.15) is 17.5 Å². The molecule has 0 saturated carbocycles. The zero-order valence-electron chi connectivity index (χ0n) is 14.5. The van der Waals surface area contributed by atoms with Gasteiger partial charge in [-0.05, 0) is 42.9 Å². The molecule has 2 aromatic carbocycles. The quantitative estimate of drug-likeness (QED) is 0.597. The van der Waals surface area contributed by atoms with Crippen LogP contribution in [0, 0.1) is 5.82 Å². The largest absolute Gasteiger partial charge is 0.416 e. The first-order chi connectivity index (χ1) is 12.8. The Bertz CT molecular complexity index is 810. The SMILES string of the molecule is Fc1ccccc1CN1CCCN(C(=S)Nc2cccc(C(F)(F)F)c2)C1. The lowest BCUT2D eigenvalue weighted by atomic mass is 10.2. The molecule has 1 heterocycles. The van der Waals surface area contributed by atoms with Gasteiger partial charge >= 0.3 is 6.18 Å². The highest BCUT2D eigenvalue weighted by molar-refractivity contribution is 7.80. The summed E-state index contributed by atoms with van der Waals surface area (Å²) in [6.45, 7) is 2.43. The molecule has 8 heteroatoms. The van der Waals surface area contributed by atoms with E-state index in [1.165, 1.54) is 12.1 Å². The van der Waals surface area contributed by atoms with Gasteiger partial charge in [0.25, 0.3) is 0 Å². The van der Waals surface area contributed by atoms with Crippen LogP contribution in [0.3, 0.4) is 0 Å². The molecule has 0 amide bonds. The predicted octanol–water partition coefficient (Wildman–Crippen LogP) is 4.71. The van der Waals surface area contributed by atoms with E-state index in [2.05, 4.69) is 10.2 Å². The molecule has 0 bridgehead atoms. The summed E-state index contributed by atoms with van der Waals surface area (Å²) >= 11 is 5.37. The van der Waals surface area contributed by atoms with Crippen LogP contribution in [-0.4, -0.2) is 34.7 Å². The smallest absolute Gasteiger partial charge is 0.336 e. The molecule has 0 spiro atoms. The van der Waals surface area contributed by atoms with E-state index in [4.69, 9.17) is 12.2 Å². The Labute approximate surface area is 160 Å². The molecule has 1 N–H and O–H groups in total. The molecule has 0 unspecified atom stereocenters. The number of alkyl halides is 3. The van der Waals surface area contributed by atoms with E-state index in [0.717, 1.165) is 25.1 Å². The van der Waals surface area contributed by atoms with Crippen molar-refractivity contribution in [3.05, 3.63) is 65.5 Å². The standard InChI is InChI=1S/C19H19F4N3S/c20-17-8-2-1-5-14(17)12-25-9-4-10-26(13-25)18(27)24-16-7-3-6-15(11-16)19(21,22)23/h1-3,5-8,11H,4,9-10,12-13H2,(H,24,27). The zero-order chi connectivity index (χ0) is 19.4. The Morgan fingerprint density at radius 2 is 1.85 bits per heavy atom. The molecule has 1 saturated heterocycles. The van der Waals surface area contributed by atoms with Crippen LogP contribution >= 0.6 is 12.2 Å². The van der Waals surface area contributed by atoms with Gasteiger partial charge in [-0.15, -0.1) is 0 Å². The average molecular weight is 397 g/mol. The lowest BCUT2D eigenvalue weighted by Gasteiger charge is -2.37. The van der Waals surface area contributed by atoms with Crippen LogP contribution in [0.5, 0.6) is 0 Å². The van der Waals surface area contributed by atoms with E-state index in [9.17, 15) is 17.6 Å². The second kappa shape index (κ2) is 8.22. The minimum atomic E-state index is -4.40. The molecule has 3 nitrogen and oxygen atoms in total. The molecule has 1 aliphatic rings. The van der Waals surface area contributed by atoms with Crippen molar-refractivity contribution in [2.45, 2.75) is 19.1 Å². The lowest BCUT2D eigenvalue weighted by molar-refractivity contribution is -0.137. The maximum absolute atomic E-state index is 13.9. The Balaban J connectivity index is 1.63. The number of nitrogens with zero attached hydrogens (tertiary/aromatic N) is 2. The van der Waals surface area contributed by atoms with E-state index in [1.807, 2.05) is 4.90 Å². The van der Waals surface area contributed by atoms with Gasteiger partial charge < -0.3 is 10.2 Å². The highest BCUT2D eigenvalue weighted by atomic mass is 32.1. The third kappa shape index (κ3) is 5.17. The highest BCUT2D eigenvalue weighted by Gasteiger charge is 2.30. The van der Waals surface area contributed by atoms with Crippen molar-refractivity contribution in [2.24, 2.45) is 0 Å². The fourth-order valence-corrected chi connectivity index (χ4v) is 3.27. The van der Waals surface area contributed by atoms with Crippen LogP contribution in [0.15, 0.2) is 48.5 Å². The summed E-state index contributed by atoms with van der Waals surface area (Å²) in [4.78, 5) is 3.93. The van der Waals surface area contributed by atoms with Gasteiger partial charge in [0.15, 0.2) is 5.11 Å². The zero-order valence-corrected chi connectivity index (χ0v) is 15.3. The number of thiocarbonyl (C=S) groups is 1. The lowest BCUT2D eigenvalue weighted by Crippen LogP contribution is -2.48. The number of nitrogens with one attached hydrogen (secondary N) is 1. The molecule has 0 aromatic heterocycles. The van der Waals surface area contributed by atoms with Gasteiger partial charge in [0.1, 0.15) is 5.82 Å². The number of rotatable bonds is 3. The third-order valence-electron chi connectivity index (χ3n) is 4.35. The molecule has 0 aliphatic carbocycles. The van der Waals surface area contributed by atoms with Crippen molar-refractivity contribution >= 4 is 23.0 Å². The van der Waals surface area contributed by atoms with E-state index in [-0.39, 0.29) is 5.82 Å². The fraction of sp³-hybridized carbons (Fsp3) is 0.316. The number of halogens is 4. The Morgan fingerprint density at radius 1 is 1.07 bits per heavy atom. The molecular weight excluding hydrogens is 378 g/mol. The average Bonchev–Trinajstić information content (AvgIpc) is 2.63. The van der Waals surface area contributed by atoms with E-state index in [1.54, 1.807) is 24.3 Å². The van der Waals surface area contributed by atoms with Crippen molar-refractivity contribution < 1.29 is 17.6 Å². The molecule has 1 fully saturated rings. The van der Waals surface area contributed by atoms with Gasteiger partial charge in [-0.25, -0.2) is 4.39 Å². The number of benzene rings is 2. The minimum Gasteiger partial charge on any atom is -0.336 e. The van der Waals surface area contributed by atoms with Crippen molar-refractivity contribution in [3.63, 3.8) is 0 Å². The van der Waals surface area contributed by atoms with Gasteiger partial charge in [0.2, 0.25) is 0 Å². The monoisotopic (exact) mass is 397 g/mol. The molecule has 0 atom stereocenters. The minimum absolute atomic E-state index is 0.251. The summed E-state index contributed by atoms with van der Waals surface area (Å²) < 4.78 is 52.4. The number of hydrogen-bond donors (Lipinski definition) is 1. The second-order valence-corrected chi connectivity index (χ2v) is 6.80. The predicted molar refractivity (Wildman–Crippen MR) is 101 cm³/mol. The van der Waals surface area contributed by atoms with Crippen LogP contribution in [0.4, 0.5) is 23.2 Å². The van der Waals surface area contributed by atoms with Crippen molar-refractivity contribution in [1.82, 2.24) is 9.80 Å². The molecule has 3 rings (SSSR count). The highest BCUT2D eigenvalue weighted by Crippen LogP contribution is 2.30. The van der Waals surface area contributed by atoms with Gasteiger partial charge in [-0.1, -0.05) is 24.3 Å². The van der Waals surface area contributed by atoms with Crippen molar-refractivity contribution in [3.8, 4) is 0 Å². The topological polar surface area (TPSA) is 18.5 Å². The second-order valence-electron chi connectivity index (χ2n) is 6.41. The summed E-state index contributed by atoms with van der Waals surface area (Å²) in [7, 11) is 0. The first-order valence-electron chi connectivity index (χ1n) is 8.52. The van der Waals surface area contributed by atoms with Gasteiger partial charge in [0.05, 0.1) is 12.2 Å². The molecule has 27 heavy (non-hydrogen) atoms. The Kier molecular flexibility index (Phi) is 5.96. The van der Waals surface area contributed by atoms with E-state index >= 15 is 0 Å². The Morgan fingerprint density at radius 3 is 2.59 bits per heavy atom. The Hall–Kier alpha value is -2.19. The van der Waals surface area contributed by atoms with Crippen LogP contribution < -0.4 is 5.32 Å². The van der Waals surface area contributed by atoms with Crippen LogP contribution in [0.25, 0.3) is 0 Å². The first kappa shape index (κ1) is 19.6. The molecule has 0 radical (unpaired) electrons. The van der Waals surface area contributed by atoms with Gasteiger partial charge in [0, 0.05) is 30.9 Å². The maximum Gasteiger partial charge on any atom is 0.416 e. The number of anilines is 1. The summed E-state index contributed by atoms with van der Waals surface area (Å²) in [6, 6.07) is 11.6. The molecule has 144 valence electrons. The fourth-order valence-electron chi connectivity index (χ4n) is 3.01. The maximum atomic E-state index is 13.9. The van der Waals surface area contributed by atoms with Crippen molar-refractivity contribution in [1.29, 1.82) is 0 Å². The molecule has 1 aliphatic heterocycles. The molecular formula is C19H19F4N3S. The van der Waals surface area contributed by atoms with Crippen molar-refractivity contribution in [2.75, 3.05) is 25.1 Å². The summed E-state index contributed by atoms with van der Waals surface area (Å²) in [5.74, 6) is -0.251. The van der Waals surface area contributed by atoms with Crippen LogP contribution in [-0.2, 0) is 12.7 Å². The number of hydrogen-bond acceptors (Lipinski definition) is 2. The summed E-state index contributed by atoms with van der Waals surface area (Å²) in [5, 5.41) is 3.23. The van der Waals surface area contributed by atoms with E-state index in [0.29, 0.717) is 36.1 Å². The molecule has 2 aromatic rings. The third-order valence-corrected chi connectivity index (χ3v) is 4.71. The summed E-state index contributed by atoms with van der Waals surface area (Å²) in [5.41, 5.74) is 0.173. The van der Waals surface area contributed by atoms with E-state index < -0.39 is 11.7 Å². The normalized spacial score (nSPS) is 15.6. The van der Waals surface area contributed by atoms with Gasteiger partial charge in [-0.2, -0.15) is 13.2 Å². The van der Waals surface area contributed by atoms with Gasteiger partial charge in [-0.3, -0.25) is 4.90 Å².